The van der Waals surface area contributed by atoms with Crippen molar-refractivity contribution in [1.82, 2.24) is 0 Å². The highest BCUT2D eigenvalue weighted by molar-refractivity contribution is 8.27. The molecular formula is C30H21FN2O4S2. The quantitative estimate of drug-likeness (QED) is 0.185. The van der Waals surface area contributed by atoms with Crippen molar-refractivity contribution >= 4 is 57.6 Å². The number of halogens is 1. The summed E-state index contributed by atoms with van der Waals surface area (Å²) in [6.07, 6.45) is 1.76. The fourth-order valence-electron chi connectivity index (χ4n) is 3.67. The summed E-state index contributed by atoms with van der Waals surface area (Å²) in [5.74, 6) is 0.916. The zero-order valence-corrected chi connectivity index (χ0v) is 22.0. The topological polar surface area (TPSA) is 67.9 Å². The number of thiocarbonyl (C=S) groups is 1. The van der Waals surface area contributed by atoms with Crippen molar-refractivity contribution in [3.05, 3.63) is 119 Å². The lowest BCUT2D eigenvalue weighted by Gasteiger charge is -2.15. The van der Waals surface area contributed by atoms with Gasteiger partial charge in [-0.25, -0.2) is 4.39 Å². The predicted octanol–water partition coefficient (Wildman–Crippen LogP) is 7.04. The van der Waals surface area contributed by atoms with Gasteiger partial charge in [-0.05, 0) is 84.4 Å². The van der Waals surface area contributed by atoms with Gasteiger partial charge in [-0.3, -0.25) is 14.5 Å². The Kier molecular flexibility index (Phi) is 8.00. The minimum absolute atomic E-state index is 0.204. The van der Waals surface area contributed by atoms with E-state index in [1.54, 1.807) is 54.6 Å². The van der Waals surface area contributed by atoms with E-state index in [1.165, 1.54) is 40.9 Å². The van der Waals surface area contributed by atoms with Crippen LogP contribution >= 0.6 is 24.0 Å². The van der Waals surface area contributed by atoms with Crippen LogP contribution in [0.25, 0.3) is 6.08 Å². The van der Waals surface area contributed by atoms with Crippen LogP contribution in [0.1, 0.15) is 5.56 Å². The van der Waals surface area contributed by atoms with E-state index in [9.17, 15) is 14.0 Å². The Morgan fingerprint density at radius 2 is 1.51 bits per heavy atom. The van der Waals surface area contributed by atoms with Crippen molar-refractivity contribution < 1.29 is 23.5 Å². The molecule has 5 rings (SSSR count). The van der Waals surface area contributed by atoms with Gasteiger partial charge in [-0.15, -0.1) is 0 Å². The fraction of sp³-hybridized carbons (Fsp3) is 0.0333. The van der Waals surface area contributed by atoms with E-state index in [4.69, 9.17) is 21.7 Å². The molecule has 0 spiro atoms. The third-order valence-electron chi connectivity index (χ3n) is 5.54. The van der Waals surface area contributed by atoms with Crippen LogP contribution in [0, 0.1) is 5.82 Å². The van der Waals surface area contributed by atoms with Crippen molar-refractivity contribution in [2.45, 2.75) is 0 Å². The van der Waals surface area contributed by atoms with Gasteiger partial charge in [0.1, 0.15) is 23.1 Å². The van der Waals surface area contributed by atoms with Crippen molar-refractivity contribution in [1.29, 1.82) is 0 Å². The number of amides is 2. The smallest absolute Gasteiger partial charge is 0.270 e. The highest BCUT2D eigenvalue weighted by Crippen LogP contribution is 2.37. The molecule has 1 saturated heterocycles. The first kappa shape index (κ1) is 26.1. The molecule has 0 atom stereocenters. The maximum atomic E-state index is 13.1. The van der Waals surface area contributed by atoms with Gasteiger partial charge in [-0.2, -0.15) is 0 Å². The summed E-state index contributed by atoms with van der Waals surface area (Å²) in [5.41, 5.74) is 1.92. The standard InChI is InChI=1S/C30H21FN2O4S2/c31-21-8-10-22(11-9-21)32-28(34)19-36-24-14-6-20(7-15-24)18-27-29(35)33(30(38)39-27)23-12-16-26(17-13-23)37-25-4-2-1-3-5-25/h1-18H,19H2,(H,32,34)/b27-18-. The second-order valence-corrected chi connectivity index (χ2v) is 10.0. The third-order valence-corrected chi connectivity index (χ3v) is 6.85. The number of anilines is 2. The van der Waals surface area contributed by atoms with Gasteiger partial charge >= 0.3 is 0 Å². The molecule has 4 aromatic rings. The number of carbonyl (C=O) groups excluding carboxylic acids is 2. The van der Waals surface area contributed by atoms with Crippen LogP contribution in [0.2, 0.25) is 0 Å². The Labute approximate surface area is 234 Å². The van der Waals surface area contributed by atoms with E-state index in [0.29, 0.717) is 32.1 Å². The molecule has 9 heteroatoms. The fourth-order valence-corrected chi connectivity index (χ4v) is 4.97. The number of hydrogen-bond donors (Lipinski definition) is 1. The average molecular weight is 557 g/mol. The van der Waals surface area contributed by atoms with Gasteiger partial charge in [0.2, 0.25) is 0 Å². The van der Waals surface area contributed by atoms with Gasteiger partial charge in [0, 0.05) is 5.69 Å². The van der Waals surface area contributed by atoms with Crippen LogP contribution in [0.4, 0.5) is 15.8 Å². The van der Waals surface area contributed by atoms with Crippen LogP contribution in [-0.4, -0.2) is 22.7 Å². The Balaban J connectivity index is 1.18. The highest BCUT2D eigenvalue weighted by Gasteiger charge is 2.33. The maximum absolute atomic E-state index is 13.1. The molecular weight excluding hydrogens is 535 g/mol. The van der Waals surface area contributed by atoms with Crippen LogP contribution in [-0.2, 0) is 9.59 Å². The van der Waals surface area contributed by atoms with E-state index in [-0.39, 0.29) is 24.2 Å². The number of para-hydroxylation sites is 1. The Morgan fingerprint density at radius 3 is 2.21 bits per heavy atom. The molecule has 0 aliphatic carbocycles. The van der Waals surface area contributed by atoms with Crippen molar-refractivity contribution in [3.8, 4) is 17.2 Å². The first-order valence-corrected chi connectivity index (χ1v) is 13.1. The molecule has 39 heavy (non-hydrogen) atoms. The molecule has 4 aromatic carbocycles. The Bertz CT molecular complexity index is 1520. The second-order valence-electron chi connectivity index (χ2n) is 8.34. The molecule has 6 nitrogen and oxygen atoms in total. The molecule has 1 fully saturated rings. The minimum atomic E-state index is -0.380. The lowest BCUT2D eigenvalue weighted by molar-refractivity contribution is -0.118. The summed E-state index contributed by atoms with van der Waals surface area (Å²) in [4.78, 5) is 27.2. The summed E-state index contributed by atoms with van der Waals surface area (Å²) in [6, 6.07) is 29.1. The molecule has 0 radical (unpaired) electrons. The van der Waals surface area contributed by atoms with Crippen molar-refractivity contribution in [2.75, 3.05) is 16.8 Å². The molecule has 0 saturated carbocycles. The van der Waals surface area contributed by atoms with E-state index in [2.05, 4.69) is 5.32 Å². The summed E-state index contributed by atoms with van der Waals surface area (Å²) < 4.78 is 24.8. The Hall–Kier alpha value is -4.47. The maximum Gasteiger partial charge on any atom is 0.270 e. The average Bonchev–Trinajstić information content (AvgIpc) is 3.23. The van der Waals surface area contributed by atoms with E-state index >= 15 is 0 Å². The summed E-state index contributed by atoms with van der Waals surface area (Å²) in [6.45, 7) is -0.204. The number of nitrogens with zero attached hydrogens (tertiary/aromatic N) is 1. The van der Waals surface area contributed by atoms with Crippen LogP contribution < -0.4 is 19.7 Å². The molecule has 2 amide bonds. The van der Waals surface area contributed by atoms with Gasteiger partial charge in [-0.1, -0.05) is 54.3 Å². The van der Waals surface area contributed by atoms with Crippen molar-refractivity contribution in [2.24, 2.45) is 0 Å². The molecule has 0 unspecified atom stereocenters. The zero-order chi connectivity index (χ0) is 27.2. The number of carbonyl (C=O) groups is 2. The molecule has 0 bridgehead atoms. The van der Waals surface area contributed by atoms with E-state index in [1.807, 2.05) is 30.3 Å². The van der Waals surface area contributed by atoms with Crippen LogP contribution in [0.3, 0.4) is 0 Å². The number of ether oxygens (including phenoxy) is 2. The van der Waals surface area contributed by atoms with Crippen LogP contribution in [0.5, 0.6) is 17.2 Å². The summed E-state index contributed by atoms with van der Waals surface area (Å²) >= 11 is 6.71. The third kappa shape index (κ3) is 6.70. The number of rotatable bonds is 8. The normalized spacial score (nSPS) is 14.0. The monoisotopic (exact) mass is 556 g/mol. The van der Waals surface area contributed by atoms with Crippen LogP contribution in [0.15, 0.2) is 108 Å². The SMILES string of the molecule is O=C(COc1ccc(/C=C2\SC(=S)N(c3ccc(Oc4ccccc4)cc3)C2=O)cc1)Nc1ccc(F)cc1. The lowest BCUT2D eigenvalue weighted by atomic mass is 10.2. The first-order valence-electron chi connectivity index (χ1n) is 11.8. The van der Waals surface area contributed by atoms with Gasteiger partial charge in [0.05, 0.1) is 10.6 Å². The van der Waals surface area contributed by atoms with E-state index < -0.39 is 0 Å². The lowest BCUT2D eigenvalue weighted by Crippen LogP contribution is -2.27. The number of nitrogens with one attached hydrogen (secondary N) is 1. The minimum Gasteiger partial charge on any atom is -0.484 e. The molecule has 194 valence electrons. The molecule has 1 heterocycles. The molecule has 1 aliphatic rings. The molecule has 1 N–H and O–H groups in total. The summed E-state index contributed by atoms with van der Waals surface area (Å²) in [7, 11) is 0. The summed E-state index contributed by atoms with van der Waals surface area (Å²) in [5, 5.41) is 2.64. The number of benzene rings is 4. The predicted molar refractivity (Wildman–Crippen MR) is 156 cm³/mol. The van der Waals surface area contributed by atoms with E-state index in [0.717, 1.165) is 11.3 Å². The zero-order valence-electron chi connectivity index (χ0n) is 20.4. The largest absolute Gasteiger partial charge is 0.484 e. The number of thioether (sulfide) groups is 1. The Morgan fingerprint density at radius 1 is 0.872 bits per heavy atom. The first-order chi connectivity index (χ1) is 18.9. The highest BCUT2D eigenvalue weighted by atomic mass is 32.2. The molecule has 0 aromatic heterocycles. The van der Waals surface area contributed by atoms with Crippen molar-refractivity contribution in [3.63, 3.8) is 0 Å². The van der Waals surface area contributed by atoms with Gasteiger partial charge in [0.25, 0.3) is 11.8 Å². The number of hydrogen-bond acceptors (Lipinski definition) is 6. The van der Waals surface area contributed by atoms with Gasteiger partial charge < -0.3 is 14.8 Å². The van der Waals surface area contributed by atoms with Gasteiger partial charge in [0.15, 0.2) is 10.9 Å². The second kappa shape index (κ2) is 11.9. The molecule has 1 aliphatic heterocycles.